The summed E-state index contributed by atoms with van der Waals surface area (Å²) < 4.78 is 56.1. The number of benzene rings is 1. The Labute approximate surface area is 241 Å². The minimum Gasteiger partial charge on any atom is -0.384 e. The highest BCUT2D eigenvalue weighted by molar-refractivity contribution is 8.12. The number of rotatable bonds is 11. The van der Waals surface area contributed by atoms with E-state index in [-0.39, 0.29) is 27.3 Å². The van der Waals surface area contributed by atoms with Crippen molar-refractivity contribution in [2.75, 3.05) is 42.0 Å². The molecular weight excluding hydrogens is 566 g/mol. The summed E-state index contributed by atoms with van der Waals surface area (Å²) in [6.07, 6.45) is 2.12. The van der Waals surface area contributed by atoms with Gasteiger partial charge in [0.05, 0.1) is 30.0 Å². The van der Waals surface area contributed by atoms with Gasteiger partial charge in [-0.3, -0.25) is 4.79 Å². The van der Waals surface area contributed by atoms with Gasteiger partial charge in [0.1, 0.15) is 11.9 Å². The first-order valence-electron chi connectivity index (χ1n) is 13.1. The van der Waals surface area contributed by atoms with Gasteiger partial charge < -0.3 is 14.5 Å². The molecule has 0 radical (unpaired) electrons. The van der Waals surface area contributed by atoms with Crippen LogP contribution in [-0.2, 0) is 29.6 Å². The van der Waals surface area contributed by atoms with E-state index in [4.69, 9.17) is 9.72 Å². The van der Waals surface area contributed by atoms with Crippen molar-refractivity contribution in [3.8, 4) is 17.2 Å². The molecule has 1 atom stereocenters. The molecule has 0 unspecified atom stereocenters. The molecule has 13 heteroatoms. The van der Waals surface area contributed by atoms with E-state index in [2.05, 4.69) is 19.2 Å². The topological polar surface area (TPSA) is 141 Å². The Hall–Kier alpha value is -3.73. The maximum Gasteiger partial charge on any atom is 0.270 e. The maximum absolute atomic E-state index is 12.7. The molecule has 2 aliphatic rings. The summed E-state index contributed by atoms with van der Waals surface area (Å²) >= 11 is 0. The van der Waals surface area contributed by atoms with Gasteiger partial charge in [-0.05, 0) is 43.5 Å². The highest BCUT2D eigenvalue weighted by Crippen LogP contribution is 2.45. The second kappa shape index (κ2) is 12.0. The zero-order chi connectivity index (χ0) is 29.9. The summed E-state index contributed by atoms with van der Waals surface area (Å²) in [5.74, 6) is 0.710. The number of aromatic nitrogens is 1. The molecule has 2 heterocycles. The number of hydrogen-bond donors (Lipinski definition) is 0. The Morgan fingerprint density at radius 2 is 1.85 bits per heavy atom. The van der Waals surface area contributed by atoms with Crippen molar-refractivity contribution >= 4 is 37.5 Å². The minimum atomic E-state index is -4.42. The predicted molar refractivity (Wildman–Crippen MR) is 157 cm³/mol. The monoisotopic (exact) mass is 599 g/mol. The van der Waals surface area contributed by atoms with Crippen molar-refractivity contribution in [3.63, 3.8) is 0 Å². The number of piperazine rings is 1. The third kappa shape index (κ3) is 6.29. The first kappa shape index (κ1) is 30.2. The van der Waals surface area contributed by atoms with E-state index in [1.807, 2.05) is 16.7 Å². The van der Waals surface area contributed by atoms with Crippen molar-refractivity contribution in [1.82, 2.24) is 9.88 Å². The Kier molecular flexibility index (Phi) is 8.86. The molecule has 1 aliphatic carbocycles. The number of nitrogens with zero attached hydrogens (tertiary/aromatic N) is 5. The van der Waals surface area contributed by atoms with Gasteiger partial charge in [0.2, 0.25) is 5.91 Å². The number of amides is 1. The number of anilines is 2. The number of nitriles is 1. The number of hydrogen-bond acceptors (Lipinski definition) is 9. The summed E-state index contributed by atoms with van der Waals surface area (Å²) in [6.45, 7) is 10.3. The van der Waals surface area contributed by atoms with Crippen molar-refractivity contribution in [3.05, 3.63) is 65.6 Å². The number of methoxy groups -OCH3 is 1. The molecule has 0 N–H and O–H groups in total. The molecule has 1 amide bonds. The molecule has 2 aromatic rings. The molecule has 1 aliphatic heterocycles. The van der Waals surface area contributed by atoms with E-state index < -0.39 is 20.0 Å². The molecule has 11 nitrogen and oxygen atoms in total. The number of ether oxygens (including phenoxy) is 1. The maximum atomic E-state index is 12.7. The summed E-state index contributed by atoms with van der Waals surface area (Å²) in [7, 11) is -7.29. The molecule has 41 heavy (non-hydrogen) atoms. The van der Waals surface area contributed by atoms with Crippen LogP contribution in [0.4, 0.5) is 11.5 Å². The lowest BCUT2D eigenvalue weighted by Gasteiger charge is -2.41. The van der Waals surface area contributed by atoms with Crippen LogP contribution >= 0.6 is 0 Å². The van der Waals surface area contributed by atoms with Gasteiger partial charge >= 0.3 is 0 Å². The Balaban J connectivity index is 1.74. The van der Waals surface area contributed by atoms with E-state index in [0.717, 1.165) is 18.5 Å². The van der Waals surface area contributed by atoms with Crippen LogP contribution < -0.4 is 8.61 Å². The lowest BCUT2D eigenvalue weighted by atomic mass is 9.98. The fourth-order valence-corrected chi connectivity index (χ4v) is 7.56. The smallest absolute Gasteiger partial charge is 0.270 e. The fourth-order valence-electron chi connectivity index (χ4n) is 4.95. The molecule has 218 valence electrons. The summed E-state index contributed by atoms with van der Waals surface area (Å²) in [6, 6.07) is 9.95. The third-order valence-electron chi connectivity index (χ3n) is 7.14. The normalized spacial score (nSPS) is 17.5. The highest BCUT2D eigenvalue weighted by Gasteiger charge is 2.34. The molecule has 1 aromatic carbocycles. The van der Waals surface area contributed by atoms with Crippen LogP contribution in [0.25, 0.3) is 11.1 Å². The summed E-state index contributed by atoms with van der Waals surface area (Å²) in [5.41, 5.74) is 2.12. The van der Waals surface area contributed by atoms with Gasteiger partial charge in [-0.15, -0.1) is 0 Å². The first-order valence-corrected chi connectivity index (χ1v) is 16.1. The standard InChI is InChI=1S/C28H33N5O6S2/c1-5-40(35,36)33(41(37,38)6-2)24-9-7-8-22(16-24)25-17-23(18-29)28(30-27(25)21-10-11-21)31-13-14-32(20(3)19-31)26(34)12-15-39-4/h5-9,16-17,20-21H,1-2,10-15,19H2,3-4H3/t20-/m1/s1. The van der Waals surface area contributed by atoms with Gasteiger partial charge in [-0.2, -0.15) is 8.97 Å². The average molecular weight is 600 g/mol. The number of pyridine rings is 1. The number of sulfonamides is 2. The van der Waals surface area contributed by atoms with E-state index >= 15 is 0 Å². The third-order valence-corrected chi connectivity index (χ3v) is 10.6. The van der Waals surface area contributed by atoms with Crippen molar-refractivity contribution in [2.24, 2.45) is 0 Å². The Morgan fingerprint density at radius 3 is 2.41 bits per heavy atom. The van der Waals surface area contributed by atoms with Crippen LogP contribution in [0.1, 0.15) is 43.4 Å². The molecular formula is C28H33N5O6S2. The quantitative estimate of drug-likeness (QED) is 0.380. The molecule has 1 saturated heterocycles. The Bertz CT molecular complexity index is 1570. The van der Waals surface area contributed by atoms with Gasteiger partial charge in [0, 0.05) is 55.1 Å². The van der Waals surface area contributed by atoms with E-state index in [1.54, 1.807) is 25.3 Å². The predicted octanol–water partition coefficient (Wildman–Crippen LogP) is 3.32. The lowest BCUT2D eigenvalue weighted by Crippen LogP contribution is -2.54. The van der Waals surface area contributed by atoms with Gasteiger partial charge in [0.25, 0.3) is 20.0 Å². The average Bonchev–Trinajstić information content (AvgIpc) is 3.80. The molecule has 1 aromatic heterocycles. The van der Waals surface area contributed by atoms with Crippen LogP contribution in [0.3, 0.4) is 0 Å². The van der Waals surface area contributed by atoms with Gasteiger partial charge in [-0.25, -0.2) is 21.8 Å². The van der Waals surface area contributed by atoms with Crippen LogP contribution in [0.5, 0.6) is 0 Å². The van der Waals surface area contributed by atoms with Crippen molar-refractivity contribution in [1.29, 1.82) is 5.26 Å². The van der Waals surface area contributed by atoms with Crippen LogP contribution in [0, 0.1) is 11.3 Å². The van der Waals surface area contributed by atoms with Crippen LogP contribution in [0.2, 0.25) is 0 Å². The molecule has 0 spiro atoms. The minimum absolute atomic E-state index is 0.0207. The zero-order valence-corrected chi connectivity index (χ0v) is 24.7. The van der Waals surface area contributed by atoms with Crippen molar-refractivity contribution < 1.29 is 26.4 Å². The van der Waals surface area contributed by atoms with Gasteiger partial charge in [0.15, 0.2) is 0 Å². The molecule has 4 rings (SSSR count). The second-order valence-corrected chi connectivity index (χ2v) is 13.7. The Morgan fingerprint density at radius 1 is 1.17 bits per heavy atom. The number of carbonyl (C=O) groups excluding carboxylic acids is 1. The molecule has 2 fully saturated rings. The number of carbonyl (C=O) groups is 1. The zero-order valence-electron chi connectivity index (χ0n) is 23.1. The van der Waals surface area contributed by atoms with Crippen molar-refractivity contribution in [2.45, 2.75) is 38.1 Å². The molecule has 0 bridgehead atoms. The fraction of sp³-hybridized carbons (Fsp3) is 0.393. The second-order valence-electron chi connectivity index (χ2n) is 9.97. The van der Waals surface area contributed by atoms with Crippen LogP contribution in [0.15, 0.2) is 54.3 Å². The summed E-state index contributed by atoms with van der Waals surface area (Å²) in [5, 5.41) is 11.2. The largest absolute Gasteiger partial charge is 0.384 e. The van der Waals surface area contributed by atoms with E-state index in [9.17, 15) is 26.9 Å². The summed E-state index contributed by atoms with van der Waals surface area (Å²) in [4.78, 5) is 21.4. The SMILES string of the molecule is C=CS(=O)(=O)N(c1cccc(-c2cc(C#N)c(N3CCN(C(=O)CCOC)[C@H](C)C3)nc2C2CC2)c1)S(=O)(=O)C=C. The van der Waals surface area contributed by atoms with E-state index in [0.29, 0.717) is 66.0 Å². The van der Waals surface area contributed by atoms with Gasteiger partial charge in [-0.1, -0.05) is 25.3 Å². The van der Waals surface area contributed by atoms with Crippen LogP contribution in [-0.4, -0.2) is 72.0 Å². The van der Waals surface area contributed by atoms with E-state index in [1.165, 1.54) is 12.1 Å². The lowest BCUT2D eigenvalue weighted by molar-refractivity contribution is -0.134. The highest BCUT2D eigenvalue weighted by atomic mass is 32.3. The molecule has 1 saturated carbocycles. The first-order chi connectivity index (χ1) is 19.5.